The predicted molar refractivity (Wildman–Crippen MR) is 112 cm³/mol. The van der Waals surface area contributed by atoms with Crippen molar-refractivity contribution in [1.82, 2.24) is 14.9 Å². The van der Waals surface area contributed by atoms with Crippen molar-refractivity contribution >= 4 is 28.3 Å². The maximum Gasteiger partial charge on any atom is 0.272 e. The van der Waals surface area contributed by atoms with E-state index in [1.807, 2.05) is 53.9 Å². The molecular weight excluding hydrogens is 370 g/mol. The molecule has 28 heavy (non-hydrogen) atoms. The van der Waals surface area contributed by atoms with E-state index in [-0.39, 0.29) is 11.5 Å². The number of carbonyl (C=O) groups is 1. The second kappa shape index (κ2) is 7.78. The van der Waals surface area contributed by atoms with Crippen LogP contribution in [0.3, 0.4) is 0 Å². The summed E-state index contributed by atoms with van der Waals surface area (Å²) in [4.78, 5) is 30.4. The summed E-state index contributed by atoms with van der Waals surface area (Å²) in [5.41, 5.74) is 3.52. The number of hydrogen-bond acceptors (Lipinski definition) is 4. The van der Waals surface area contributed by atoms with Crippen molar-refractivity contribution in [2.75, 3.05) is 0 Å². The minimum absolute atomic E-state index is 0.100. The largest absolute Gasteiger partial charge is 0.347 e. The third kappa shape index (κ3) is 3.73. The molecule has 140 valence electrons. The molecule has 4 aromatic rings. The smallest absolute Gasteiger partial charge is 0.272 e. The Kier molecular flexibility index (Phi) is 5.04. The first-order valence-electron chi connectivity index (χ1n) is 8.97. The Morgan fingerprint density at radius 2 is 1.86 bits per heavy atom. The highest BCUT2D eigenvalue weighted by Crippen LogP contribution is 2.13. The van der Waals surface area contributed by atoms with Gasteiger partial charge in [0.15, 0.2) is 0 Å². The molecule has 0 aliphatic rings. The molecule has 2 heterocycles. The fourth-order valence-corrected chi connectivity index (χ4v) is 3.75. The number of amides is 1. The molecule has 0 fully saturated rings. The van der Waals surface area contributed by atoms with Crippen LogP contribution < -0.4 is 10.9 Å². The fraction of sp³-hybridized carbons (Fsp3) is 0.136. The predicted octanol–water partition coefficient (Wildman–Crippen LogP) is 3.74. The summed E-state index contributed by atoms with van der Waals surface area (Å²) < 4.78 is 1.73. The van der Waals surface area contributed by atoms with Gasteiger partial charge in [-0.15, -0.1) is 11.3 Å². The van der Waals surface area contributed by atoms with Crippen molar-refractivity contribution in [3.05, 3.63) is 98.1 Å². The molecule has 1 N–H and O–H groups in total. The minimum atomic E-state index is -0.109. The lowest BCUT2D eigenvalue weighted by molar-refractivity contribution is 0.0951. The molecule has 0 unspecified atom stereocenters. The Balaban J connectivity index is 1.54. The van der Waals surface area contributed by atoms with Crippen molar-refractivity contribution in [3.8, 4) is 0 Å². The number of benzene rings is 2. The van der Waals surface area contributed by atoms with Gasteiger partial charge in [0.05, 0.1) is 24.1 Å². The van der Waals surface area contributed by atoms with E-state index in [4.69, 9.17) is 0 Å². The van der Waals surface area contributed by atoms with Crippen LogP contribution >= 0.6 is 11.3 Å². The normalized spacial score (nSPS) is 10.9. The van der Waals surface area contributed by atoms with Gasteiger partial charge in [-0.1, -0.05) is 30.3 Å². The van der Waals surface area contributed by atoms with E-state index < -0.39 is 0 Å². The summed E-state index contributed by atoms with van der Waals surface area (Å²) >= 11 is 1.61. The van der Waals surface area contributed by atoms with Gasteiger partial charge in [-0.2, -0.15) is 0 Å². The van der Waals surface area contributed by atoms with Crippen molar-refractivity contribution in [1.29, 1.82) is 0 Å². The molecule has 0 spiro atoms. The quantitative estimate of drug-likeness (QED) is 0.565. The number of thiophene rings is 1. The highest BCUT2D eigenvalue weighted by molar-refractivity contribution is 7.09. The Morgan fingerprint density at radius 3 is 2.61 bits per heavy atom. The third-order valence-electron chi connectivity index (χ3n) is 4.58. The summed E-state index contributed by atoms with van der Waals surface area (Å²) in [6, 6.07) is 18.9. The number of para-hydroxylation sites is 2. The monoisotopic (exact) mass is 389 g/mol. The lowest BCUT2D eigenvalue weighted by Gasteiger charge is -2.11. The van der Waals surface area contributed by atoms with Crippen LogP contribution in [0.5, 0.6) is 0 Å². The van der Waals surface area contributed by atoms with Crippen molar-refractivity contribution in [2.45, 2.75) is 20.0 Å². The minimum Gasteiger partial charge on any atom is -0.347 e. The van der Waals surface area contributed by atoms with E-state index >= 15 is 0 Å². The Morgan fingerprint density at radius 1 is 1.07 bits per heavy atom. The zero-order valence-corrected chi connectivity index (χ0v) is 16.2. The average Bonchev–Trinajstić information content (AvgIpc) is 3.24. The van der Waals surface area contributed by atoms with Crippen LogP contribution in [-0.2, 0) is 13.1 Å². The maximum absolute atomic E-state index is 12.6. The molecule has 1 amide bonds. The highest BCUT2D eigenvalue weighted by Gasteiger charge is 2.10. The van der Waals surface area contributed by atoms with Crippen LogP contribution in [0.4, 0.5) is 0 Å². The summed E-state index contributed by atoms with van der Waals surface area (Å²) in [6.07, 6.45) is 0. The van der Waals surface area contributed by atoms with Crippen LogP contribution in [0.2, 0.25) is 0 Å². The first-order chi connectivity index (χ1) is 13.6. The summed E-state index contributed by atoms with van der Waals surface area (Å²) in [7, 11) is 0. The van der Waals surface area contributed by atoms with Crippen molar-refractivity contribution in [2.24, 2.45) is 0 Å². The summed E-state index contributed by atoms with van der Waals surface area (Å²) in [5, 5.41) is 4.91. The van der Waals surface area contributed by atoms with E-state index in [1.54, 1.807) is 35.0 Å². The first kappa shape index (κ1) is 18.1. The number of nitrogens with zero attached hydrogens (tertiary/aromatic N) is 2. The lowest BCUT2D eigenvalue weighted by Crippen LogP contribution is -2.25. The number of aromatic nitrogens is 2. The van der Waals surface area contributed by atoms with E-state index in [0.29, 0.717) is 24.3 Å². The zero-order chi connectivity index (χ0) is 19.5. The van der Waals surface area contributed by atoms with Gasteiger partial charge >= 0.3 is 0 Å². The molecule has 6 heteroatoms. The van der Waals surface area contributed by atoms with Gasteiger partial charge in [0.2, 0.25) is 0 Å². The third-order valence-corrected chi connectivity index (χ3v) is 5.45. The van der Waals surface area contributed by atoms with Crippen LogP contribution in [0.1, 0.15) is 26.5 Å². The second-order valence-electron chi connectivity index (χ2n) is 6.54. The van der Waals surface area contributed by atoms with E-state index in [1.165, 1.54) is 0 Å². The zero-order valence-electron chi connectivity index (χ0n) is 15.4. The topological polar surface area (TPSA) is 64.0 Å². The number of nitrogens with one attached hydrogen (secondary N) is 1. The van der Waals surface area contributed by atoms with Gasteiger partial charge in [0, 0.05) is 10.4 Å². The number of hydrogen-bond donors (Lipinski definition) is 1. The SMILES string of the molecule is Cc1nc2ccccc2n(Cc2ccc(C(=O)NCc3cccs3)cc2)c1=O. The Labute approximate surface area is 166 Å². The van der Waals surface area contributed by atoms with Crippen LogP contribution in [0.25, 0.3) is 11.0 Å². The molecule has 0 radical (unpaired) electrons. The van der Waals surface area contributed by atoms with Gasteiger partial charge in [0.25, 0.3) is 11.5 Å². The van der Waals surface area contributed by atoms with Gasteiger partial charge in [-0.3, -0.25) is 9.59 Å². The molecule has 0 bridgehead atoms. The highest BCUT2D eigenvalue weighted by atomic mass is 32.1. The molecule has 2 aromatic heterocycles. The van der Waals surface area contributed by atoms with E-state index in [9.17, 15) is 9.59 Å². The second-order valence-corrected chi connectivity index (χ2v) is 7.57. The van der Waals surface area contributed by atoms with Gasteiger partial charge in [0.1, 0.15) is 5.69 Å². The Bertz CT molecular complexity index is 1180. The van der Waals surface area contributed by atoms with E-state index in [2.05, 4.69) is 10.3 Å². The summed E-state index contributed by atoms with van der Waals surface area (Å²) in [5.74, 6) is -0.109. The van der Waals surface area contributed by atoms with Crippen LogP contribution in [-0.4, -0.2) is 15.5 Å². The average molecular weight is 389 g/mol. The van der Waals surface area contributed by atoms with Crippen LogP contribution in [0.15, 0.2) is 70.8 Å². The summed E-state index contributed by atoms with van der Waals surface area (Å²) in [6.45, 7) is 2.68. The van der Waals surface area contributed by atoms with E-state index in [0.717, 1.165) is 21.5 Å². The number of fused-ring (bicyclic) bond motifs is 1. The van der Waals surface area contributed by atoms with Gasteiger partial charge in [-0.05, 0) is 48.2 Å². The molecule has 0 saturated carbocycles. The standard InChI is InChI=1S/C22H19N3O2S/c1-15-22(27)25(20-7-3-2-6-19(20)24-15)14-16-8-10-17(11-9-16)21(26)23-13-18-5-4-12-28-18/h2-12H,13-14H2,1H3,(H,23,26). The number of rotatable bonds is 5. The molecular formula is C22H19N3O2S. The molecule has 0 aliphatic carbocycles. The molecule has 2 aromatic carbocycles. The first-order valence-corrected chi connectivity index (χ1v) is 9.85. The maximum atomic E-state index is 12.6. The van der Waals surface area contributed by atoms with Gasteiger partial charge in [-0.25, -0.2) is 4.98 Å². The lowest BCUT2D eigenvalue weighted by atomic mass is 10.1. The molecule has 0 saturated heterocycles. The van der Waals surface area contributed by atoms with Crippen LogP contribution in [0, 0.1) is 6.92 Å². The molecule has 0 aliphatic heterocycles. The molecule has 5 nitrogen and oxygen atoms in total. The number of aryl methyl sites for hydroxylation is 1. The molecule has 0 atom stereocenters. The Hall–Kier alpha value is -3.25. The van der Waals surface area contributed by atoms with Crippen molar-refractivity contribution < 1.29 is 4.79 Å². The molecule has 4 rings (SSSR count). The number of carbonyl (C=O) groups excluding carboxylic acids is 1. The fourth-order valence-electron chi connectivity index (χ4n) is 3.10. The van der Waals surface area contributed by atoms with Crippen molar-refractivity contribution in [3.63, 3.8) is 0 Å². The van der Waals surface area contributed by atoms with Gasteiger partial charge < -0.3 is 9.88 Å².